The van der Waals surface area contributed by atoms with Crippen LogP contribution in [0.15, 0.2) is 11.6 Å². The molecule has 0 amide bonds. The van der Waals surface area contributed by atoms with Gasteiger partial charge in [0.15, 0.2) is 17.3 Å². The average Bonchev–Trinajstić information content (AvgIpc) is 2.31. The third-order valence-electron chi connectivity index (χ3n) is 4.44. The second-order valence-corrected chi connectivity index (χ2v) is 6.16. The first-order chi connectivity index (χ1) is 8.25. The summed E-state index contributed by atoms with van der Waals surface area (Å²) in [6.07, 6.45) is 3.53. The Morgan fingerprint density at radius 3 is 2.44 bits per heavy atom. The van der Waals surface area contributed by atoms with Crippen LogP contribution in [0.5, 0.6) is 0 Å². The molecule has 1 saturated carbocycles. The van der Waals surface area contributed by atoms with Crippen LogP contribution in [0.4, 0.5) is 0 Å². The highest BCUT2D eigenvalue weighted by molar-refractivity contribution is 6.25. The molecule has 1 fully saturated rings. The lowest BCUT2D eigenvalue weighted by atomic mass is 9.53. The largest absolute Gasteiger partial charge is 0.298 e. The van der Waals surface area contributed by atoms with Gasteiger partial charge in [-0.25, -0.2) is 0 Å². The van der Waals surface area contributed by atoms with Gasteiger partial charge in [-0.05, 0) is 32.3 Å². The van der Waals surface area contributed by atoms with Crippen LogP contribution < -0.4 is 0 Å². The Bertz CT molecular complexity index is 472. The first-order valence-electron chi connectivity index (χ1n) is 6.59. The standard InChI is InChI=1S/C15H20O3/c1-9(2)11(16)15-7-5-6-14(4,13(15)18)12(17)10(3)8-15/h8-9H,5-7H2,1-4H3/t14-,15+/m0/s1. The number of hydrogen-bond acceptors (Lipinski definition) is 3. The smallest absolute Gasteiger partial charge is 0.171 e. The van der Waals surface area contributed by atoms with Crippen LogP contribution >= 0.6 is 0 Å². The van der Waals surface area contributed by atoms with Crippen molar-refractivity contribution in [2.45, 2.75) is 47.0 Å². The minimum absolute atomic E-state index is 0.0368. The molecule has 0 aliphatic heterocycles. The van der Waals surface area contributed by atoms with Crippen LogP contribution in [-0.4, -0.2) is 17.3 Å². The van der Waals surface area contributed by atoms with Crippen molar-refractivity contribution in [3.8, 4) is 0 Å². The number of allylic oxidation sites excluding steroid dienone is 2. The molecule has 2 rings (SSSR count). The number of Topliss-reactive ketones (excluding diaryl/α,β-unsaturated/α-hetero) is 3. The van der Waals surface area contributed by atoms with Crippen molar-refractivity contribution < 1.29 is 14.4 Å². The first kappa shape index (κ1) is 13.2. The highest BCUT2D eigenvalue weighted by Gasteiger charge is 2.59. The molecular formula is C15H20O3. The zero-order chi connectivity index (χ0) is 13.7. The number of ketones is 3. The van der Waals surface area contributed by atoms with Crippen LogP contribution in [0.2, 0.25) is 0 Å². The Hall–Kier alpha value is -1.25. The highest BCUT2D eigenvalue weighted by atomic mass is 16.2. The molecule has 3 nitrogen and oxygen atoms in total. The summed E-state index contributed by atoms with van der Waals surface area (Å²) in [6.45, 7) is 7.06. The zero-order valence-corrected chi connectivity index (χ0v) is 11.5. The maximum atomic E-state index is 12.7. The van der Waals surface area contributed by atoms with E-state index in [4.69, 9.17) is 0 Å². The van der Waals surface area contributed by atoms with E-state index in [0.717, 1.165) is 6.42 Å². The molecular weight excluding hydrogens is 228 g/mol. The third kappa shape index (κ3) is 1.46. The molecule has 0 aromatic heterocycles. The van der Waals surface area contributed by atoms with Gasteiger partial charge in [0.1, 0.15) is 5.41 Å². The fourth-order valence-electron chi connectivity index (χ4n) is 3.49. The predicted octanol–water partition coefficient (Wildman–Crippen LogP) is 2.49. The zero-order valence-electron chi connectivity index (χ0n) is 11.5. The number of carbonyl (C=O) groups excluding carboxylic acids is 3. The van der Waals surface area contributed by atoms with E-state index in [1.165, 1.54) is 0 Å². The van der Waals surface area contributed by atoms with Crippen LogP contribution in [0.1, 0.15) is 47.0 Å². The summed E-state index contributed by atoms with van der Waals surface area (Å²) in [5, 5.41) is 0. The van der Waals surface area contributed by atoms with E-state index in [0.29, 0.717) is 18.4 Å². The van der Waals surface area contributed by atoms with E-state index in [9.17, 15) is 14.4 Å². The summed E-state index contributed by atoms with van der Waals surface area (Å²) in [5.74, 6) is -0.492. The predicted molar refractivity (Wildman–Crippen MR) is 68.0 cm³/mol. The Kier molecular flexibility index (Phi) is 2.84. The number of fused-ring (bicyclic) bond motifs is 2. The molecule has 2 bridgehead atoms. The summed E-state index contributed by atoms with van der Waals surface area (Å²) in [4.78, 5) is 37.3. The average molecular weight is 248 g/mol. The lowest BCUT2D eigenvalue weighted by Gasteiger charge is -2.45. The van der Waals surface area contributed by atoms with Crippen molar-refractivity contribution in [3.63, 3.8) is 0 Å². The molecule has 0 unspecified atom stereocenters. The van der Waals surface area contributed by atoms with Gasteiger partial charge in [0.2, 0.25) is 0 Å². The molecule has 0 aromatic rings. The Balaban J connectivity index is 2.63. The molecule has 2 aliphatic rings. The summed E-state index contributed by atoms with van der Waals surface area (Å²) >= 11 is 0. The van der Waals surface area contributed by atoms with Gasteiger partial charge < -0.3 is 0 Å². The molecule has 2 aliphatic carbocycles. The summed E-state index contributed by atoms with van der Waals surface area (Å²) in [7, 11) is 0. The summed E-state index contributed by atoms with van der Waals surface area (Å²) < 4.78 is 0. The monoisotopic (exact) mass is 248 g/mol. The number of rotatable bonds is 2. The Morgan fingerprint density at radius 2 is 1.89 bits per heavy atom. The van der Waals surface area contributed by atoms with Gasteiger partial charge in [-0.2, -0.15) is 0 Å². The van der Waals surface area contributed by atoms with E-state index >= 15 is 0 Å². The van der Waals surface area contributed by atoms with Crippen molar-refractivity contribution in [3.05, 3.63) is 11.6 Å². The molecule has 0 heterocycles. The quantitative estimate of drug-likeness (QED) is 0.705. The minimum atomic E-state index is -1.03. The molecule has 0 N–H and O–H groups in total. The van der Waals surface area contributed by atoms with E-state index in [1.807, 2.05) is 13.8 Å². The van der Waals surface area contributed by atoms with Gasteiger partial charge >= 0.3 is 0 Å². The minimum Gasteiger partial charge on any atom is -0.298 e. The van der Waals surface area contributed by atoms with Crippen molar-refractivity contribution in [2.75, 3.05) is 0 Å². The van der Waals surface area contributed by atoms with E-state index in [2.05, 4.69) is 0 Å². The van der Waals surface area contributed by atoms with E-state index in [1.54, 1.807) is 19.9 Å². The number of carbonyl (C=O) groups is 3. The van der Waals surface area contributed by atoms with Crippen LogP contribution in [0.3, 0.4) is 0 Å². The van der Waals surface area contributed by atoms with Gasteiger partial charge in [-0.15, -0.1) is 0 Å². The SMILES string of the molecule is CC1=C[C@@]2(C(=O)C(C)C)CCC[C@@](C)(C1=O)C2=O. The normalized spacial score (nSPS) is 35.7. The molecule has 0 spiro atoms. The summed E-state index contributed by atoms with van der Waals surface area (Å²) in [5.41, 5.74) is -1.42. The van der Waals surface area contributed by atoms with Crippen molar-refractivity contribution in [2.24, 2.45) is 16.7 Å². The maximum Gasteiger partial charge on any atom is 0.171 e. The fraction of sp³-hybridized carbons (Fsp3) is 0.667. The molecule has 2 atom stereocenters. The van der Waals surface area contributed by atoms with Gasteiger partial charge in [-0.1, -0.05) is 26.3 Å². The fourth-order valence-corrected chi connectivity index (χ4v) is 3.49. The molecule has 0 radical (unpaired) electrons. The Morgan fingerprint density at radius 1 is 1.28 bits per heavy atom. The van der Waals surface area contributed by atoms with Crippen molar-refractivity contribution in [1.82, 2.24) is 0 Å². The van der Waals surface area contributed by atoms with Crippen molar-refractivity contribution in [1.29, 1.82) is 0 Å². The second kappa shape index (κ2) is 3.87. The number of hydrogen-bond donors (Lipinski definition) is 0. The third-order valence-corrected chi connectivity index (χ3v) is 4.44. The second-order valence-electron chi connectivity index (χ2n) is 6.16. The van der Waals surface area contributed by atoms with Gasteiger partial charge in [0.25, 0.3) is 0 Å². The Labute approximate surface area is 108 Å². The molecule has 18 heavy (non-hydrogen) atoms. The van der Waals surface area contributed by atoms with Gasteiger partial charge in [0, 0.05) is 5.92 Å². The lowest BCUT2D eigenvalue weighted by Crippen LogP contribution is -2.56. The van der Waals surface area contributed by atoms with E-state index in [-0.39, 0.29) is 23.3 Å². The topological polar surface area (TPSA) is 51.2 Å². The van der Waals surface area contributed by atoms with Gasteiger partial charge in [-0.3, -0.25) is 14.4 Å². The highest BCUT2D eigenvalue weighted by Crippen LogP contribution is 2.51. The van der Waals surface area contributed by atoms with Crippen molar-refractivity contribution >= 4 is 17.3 Å². The van der Waals surface area contributed by atoms with Crippen LogP contribution in [-0.2, 0) is 14.4 Å². The van der Waals surface area contributed by atoms with Gasteiger partial charge in [0.05, 0.1) is 5.41 Å². The molecule has 0 aromatic carbocycles. The summed E-state index contributed by atoms with van der Waals surface area (Å²) in [6, 6.07) is 0. The molecule has 3 heteroatoms. The maximum absolute atomic E-state index is 12.7. The molecule has 98 valence electrons. The first-order valence-corrected chi connectivity index (χ1v) is 6.59. The lowest BCUT2D eigenvalue weighted by molar-refractivity contribution is -0.154. The molecule has 0 saturated heterocycles. The van der Waals surface area contributed by atoms with E-state index < -0.39 is 10.8 Å². The van der Waals surface area contributed by atoms with Crippen LogP contribution in [0.25, 0.3) is 0 Å². The van der Waals surface area contributed by atoms with Crippen LogP contribution in [0, 0.1) is 16.7 Å².